The van der Waals surface area contributed by atoms with Crippen LogP contribution < -0.4 is 15.4 Å². The highest BCUT2D eigenvalue weighted by molar-refractivity contribution is 5.92. The van der Waals surface area contributed by atoms with Crippen LogP contribution in [0.5, 0.6) is 11.5 Å². The van der Waals surface area contributed by atoms with Gasteiger partial charge in [-0.2, -0.15) is 0 Å². The summed E-state index contributed by atoms with van der Waals surface area (Å²) in [5.74, 6) is 1.46. The molecule has 0 saturated heterocycles. The molecule has 0 aromatic heterocycles. The summed E-state index contributed by atoms with van der Waals surface area (Å²) >= 11 is 0. The monoisotopic (exact) mass is 354 g/mol. The third kappa shape index (κ3) is 5.58. The number of carbonyl (C=O) groups excluding carboxylic acids is 1. The largest absolute Gasteiger partial charge is 0.457 e. The van der Waals surface area contributed by atoms with Crippen LogP contribution in [0.1, 0.15) is 31.2 Å². The highest BCUT2D eigenvalue weighted by Gasteiger charge is 2.19. The van der Waals surface area contributed by atoms with Crippen molar-refractivity contribution in [2.24, 2.45) is 0 Å². The maximum absolute atomic E-state index is 12.1. The van der Waals surface area contributed by atoms with Crippen LogP contribution in [-0.2, 0) is 4.79 Å². The molecule has 2 aromatic rings. The predicted octanol–water partition coefficient (Wildman–Crippen LogP) is 3.62. The van der Waals surface area contributed by atoms with Gasteiger partial charge in [0, 0.05) is 11.7 Å². The lowest BCUT2D eigenvalue weighted by Gasteiger charge is -2.26. The SMILES string of the molecule is Cc1cccc(Oc2ccc(NC(=O)CNC3CCC(O)CC3)cc2)c1. The summed E-state index contributed by atoms with van der Waals surface area (Å²) in [5.41, 5.74) is 1.89. The Balaban J connectivity index is 1.45. The molecule has 1 aliphatic carbocycles. The zero-order valence-electron chi connectivity index (χ0n) is 15.1. The number of hydrogen-bond acceptors (Lipinski definition) is 4. The summed E-state index contributed by atoms with van der Waals surface area (Å²) < 4.78 is 5.81. The van der Waals surface area contributed by atoms with E-state index in [0.29, 0.717) is 6.04 Å². The lowest BCUT2D eigenvalue weighted by Crippen LogP contribution is -2.39. The molecular formula is C21H26N2O3. The number of aliphatic hydroxyl groups is 1. The van der Waals surface area contributed by atoms with E-state index in [9.17, 15) is 9.90 Å². The molecule has 1 fully saturated rings. The maximum Gasteiger partial charge on any atom is 0.238 e. The molecule has 0 bridgehead atoms. The number of benzene rings is 2. The van der Waals surface area contributed by atoms with Gasteiger partial charge in [-0.25, -0.2) is 0 Å². The standard InChI is InChI=1S/C21H26N2O3/c1-15-3-2-4-20(13-15)26-19-11-7-17(8-12-19)23-21(25)14-22-16-5-9-18(24)10-6-16/h2-4,7-8,11-13,16,18,22,24H,5-6,9-10,14H2,1H3,(H,23,25). The number of rotatable bonds is 6. The Kier molecular flexibility index (Phi) is 6.26. The molecular weight excluding hydrogens is 328 g/mol. The molecule has 3 rings (SSSR count). The molecule has 1 saturated carbocycles. The molecule has 138 valence electrons. The zero-order chi connectivity index (χ0) is 18.4. The number of ether oxygens (including phenoxy) is 1. The van der Waals surface area contributed by atoms with Crippen LogP contribution in [0.25, 0.3) is 0 Å². The van der Waals surface area contributed by atoms with Crippen LogP contribution in [0.2, 0.25) is 0 Å². The molecule has 1 aliphatic rings. The summed E-state index contributed by atoms with van der Waals surface area (Å²) in [6.45, 7) is 2.30. The van der Waals surface area contributed by atoms with Crippen molar-refractivity contribution in [3.05, 3.63) is 54.1 Å². The molecule has 0 spiro atoms. The van der Waals surface area contributed by atoms with Gasteiger partial charge in [-0.1, -0.05) is 12.1 Å². The van der Waals surface area contributed by atoms with Crippen molar-refractivity contribution >= 4 is 11.6 Å². The lowest BCUT2D eigenvalue weighted by atomic mass is 9.93. The number of aliphatic hydroxyl groups excluding tert-OH is 1. The number of carbonyl (C=O) groups is 1. The van der Waals surface area contributed by atoms with E-state index >= 15 is 0 Å². The van der Waals surface area contributed by atoms with Crippen LogP contribution in [0, 0.1) is 6.92 Å². The Morgan fingerprint density at radius 1 is 1.08 bits per heavy atom. The van der Waals surface area contributed by atoms with Crippen molar-refractivity contribution in [1.82, 2.24) is 5.32 Å². The van der Waals surface area contributed by atoms with Gasteiger partial charge in [0.1, 0.15) is 11.5 Å². The van der Waals surface area contributed by atoms with Crippen LogP contribution in [-0.4, -0.2) is 29.7 Å². The van der Waals surface area contributed by atoms with E-state index in [4.69, 9.17) is 4.74 Å². The van der Waals surface area contributed by atoms with Gasteiger partial charge in [0.15, 0.2) is 0 Å². The predicted molar refractivity (Wildman–Crippen MR) is 103 cm³/mol. The molecule has 0 atom stereocenters. The van der Waals surface area contributed by atoms with Crippen molar-refractivity contribution in [3.8, 4) is 11.5 Å². The van der Waals surface area contributed by atoms with Gasteiger partial charge < -0.3 is 20.5 Å². The number of anilines is 1. The Labute approximate surface area is 154 Å². The minimum atomic E-state index is -0.178. The molecule has 0 aliphatic heterocycles. The summed E-state index contributed by atoms with van der Waals surface area (Å²) in [6.07, 6.45) is 3.27. The summed E-state index contributed by atoms with van der Waals surface area (Å²) in [6, 6.07) is 15.5. The molecule has 3 N–H and O–H groups in total. The topological polar surface area (TPSA) is 70.6 Å². The highest BCUT2D eigenvalue weighted by atomic mass is 16.5. The zero-order valence-corrected chi connectivity index (χ0v) is 15.1. The smallest absolute Gasteiger partial charge is 0.238 e. The van der Waals surface area contributed by atoms with Crippen molar-refractivity contribution in [1.29, 1.82) is 0 Å². The lowest BCUT2D eigenvalue weighted by molar-refractivity contribution is -0.115. The third-order valence-corrected chi connectivity index (χ3v) is 4.61. The van der Waals surface area contributed by atoms with Gasteiger partial charge in [0.25, 0.3) is 0 Å². The van der Waals surface area contributed by atoms with Gasteiger partial charge in [-0.15, -0.1) is 0 Å². The molecule has 0 radical (unpaired) electrons. The Bertz CT molecular complexity index is 722. The first-order chi connectivity index (χ1) is 12.6. The molecule has 1 amide bonds. The fourth-order valence-corrected chi connectivity index (χ4v) is 3.14. The second-order valence-electron chi connectivity index (χ2n) is 6.88. The quantitative estimate of drug-likeness (QED) is 0.741. The fraction of sp³-hybridized carbons (Fsp3) is 0.381. The number of nitrogens with one attached hydrogen (secondary N) is 2. The average molecular weight is 354 g/mol. The van der Waals surface area contributed by atoms with Crippen LogP contribution in [0.15, 0.2) is 48.5 Å². The van der Waals surface area contributed by atoms with Crippen LogP contribution in [0.3, 0.4) is 0 Å². The Morgan fingerprint density at radius 2 is 1.81 bits per heavy atom. The normalized spacial score (nSPS) is 19.8. The summed E-state index contributed by atoms with van der Waals surface area (Å²) in [4.78, 5) is 12.1. The van der Waals surface area contributed by atoms with Gasteiger partial charge in [0.05, 0.1) is 12.6 Å². The van der Waals surface area contributed by atoms with E-state index in [-0.39, 0.29) is 18.6 Å². The summed E-state index contributed by atoms with van der Waals surface area (Å²) in [5, 5.41) is 15.7. The van der Waals surface area contributed by atoms with Crippen LogP contribution in [0.4, 0.5) is 5.69 Å². The van der Waals surface area contributed by atoms with E-state index in [1.807, 2.05) is 55.5 Å². The van der Waals surface area contributed by atoms with Crippen molar-refractivity contribution in [2.45, 2.75) is 44.8 Å². The molecule has 5 nitrogen and oxygen atoms in total. The van der Waals surface area contributed by atoms with E-state index in [2.05, 4.69) is 10.6 Å². The second-order valence-corrected chi connectivity index (χ2v) is 6.88. The number of hydrogen-bond donors (Lipinski definition) is 3. The minimum absolute atomic E-state index is 0.0662. The number of aryl methyl sites for hydroxylation is 1. The van der Waals surface area contributed by atoms with Crippen molar-refractivity contribution in [2.75, 3.05) is 11.9 Å². The fourth-order valence-electron chi connectivity index (χ4n) is 3.14. The van der Waals surface area contributed by atoms with E-state index in [1.165, 1.54) is 0 Å². The molecule has 26 heavy (non-hydrogen) atoms. The van der Waals surface area contributed by atoms with E-state index in [0.717, 1.165) is 48.4 Å². The third-order valence-electron chi connectivity index (χ3n) is 4.61. The second kappa shape index (κ2) is 8.83. The minimum Gasteiger partial charge on any atom is -0.457 e. The van der Waals surface area contributed by atoms with Gasteiger partial charge in [-0.3, -0.25) is 4.79 Å². The average Bonchev–Trinajstić information content (AvgIpc) is 2.63. The maximum atomic E-state index is 12.1. The van der Waals surface area contributed by atoms with Gasteiger partial charge in [0.2, 0.25) is 5.91 Å². The highest BCUT2D eigenvalue weighted by Crippen LogP contribution is 2.23. The molecule has 0 heterocycles. The first-order valence-corrected chi connectivity index (χ1v) is 9.14. The van der Waals surface area contributed by atoms with E-state index < -0.39 is 0 Å². The Hall–Kier alpha value is -2.37. The summed E-state index contributed by atoms with van der Waals surface area (Å²) in [7, 11) is 0. The van der Waals surface area contributed by atoms with Gasteiger partial charge >= 0.3 is 0 Å². The first-order valence-electron chi connectivity index (χ1n) is 9.14. The van der Waals surface area contributed by atoms with Crippen LogP contribution >= 0.6 is 0 Å². The molecule has 0 unspecified atom stereocenters. The first kappa shape index (κ1) is 18.4. The van der Waals surface area contributed by atoms with Crippen molar-refractivity contribution in [3.63, 3.8) is 0 Å². The number of amides is 1. The molecule has 5 heteroatoms. The Morgan fingerprint density at radius 3 is 2.50 bits per heavy atom. The van der Waals surface area contributed by atoms with E-state index in [1.54, 1.807) is 0 Å². The van der Waals surface area contributed by atoms with Gasteiger partial charge in [-0.05, 0) is 74.6 Å². The van der Waals surface area contributed by atoms with Crippen molar-refractivity contribution < 1.29 is 14.6 Å². The molecule has 2 aromatic carbocycles.